The number of aromatic nitrogens is 5. The number of fused-ring (bicyclic) bond motifs is 1. The van der Waals surface area contributed by atoms with Crippen molar-refractivity contribution in [2.24, 2.45) is 5.92 Å². The van der Waals surface area contributed by atoms with Gasteiger partial charge in [-0.3, -0.25) is 5.10 Å². The quantitative estimate of drug-likeness (QED) is 0.345. The van der Waals surface area contributed by atoms with E-state index in [1.165, 1.54) is 22.8 Å². The summed E-state index contributed by atoms with van der Waals surface area (Å²) in [7, 11) is 0. The van der Waals surface area contributed by atoms with E-state index >= 15 is 4.39 Å². The Morgan fingerprint density at radius 3 is 2.68 bits per heavy atom. The molecule has 38 heavy (non-hydrogen) atoms. The summed E-state index contributed by atoms with van der Waals surface area (Å²) in [5, 5.41) is 17.2. The van der Waals surface area contributed by atoms with Crippen LogP contribution in [-0.2, 0) is 9.47 Å². The molecule has 4 aliphatic rings. The Balaban J connectivity index is 1.05. The van der Waals surface area contributed by atoms with Crippen LogP contribution in [0.3, 0.4) is 0 Å². The number of halogens is 3. The maximum atomic E-state index is 15.1. The molecule has 3 atom stereocenters. The van der Waals surface area contributed by atoms with Crippen molar-refractivity contribution in [2.45, 2.75) is 43.2 Å². The minimum atomic E-state index is -1.58. The number of nitrogens with zero attached hydrogens (tertiary/aromatic N) is 4. The summed E-state index contributed by atoms with van der Waals surface area (Å²) in [5.41, 5.74) is 1.37. The predicted octanol–water partition coefficient (Wildman–Crippen LogP) is 4.20. The van der Waals surface area contributed by atoms with Crippen LogP contribution in [0.4, 0.5) is 29.6 Å². The highest BCUT2D eigenvalue weighted by Gasteiger charge is 2.58. The molecule has 0 unspecified atom stereocenters. The fourth-order valence-electron chi connectivity index (χ4n) is 5.48. The molecule has 10 nitrogen and oxygen atoms in total. The van der Waals surface area contributed by atoms with E-state index in [4.69, 9.17) is 9.47 Å². The molecule has 196 valence electrons. The molecule has 4 fully saturated rings. The highest BCUT2D eigenvalue weighted by atomic mass is 19.1. The maximum Gasteiger partial charge on any atom is 0.408 e. The van der Waals surface area contributed by atoms with Crippen LogP contribution in [0.1, 0.15) is 31.1 Å². The van der Waals surface area contributed by atoms with Crippen LogP contribution in [0.5, 0.6) is 0 Å². The van der Waals surface area contributed by atoms with Gasteiger partial charge in [-0.25, -0.2) is 27.5 Å². The molecule has 3 saturated carbocycles. The van der Waals surface area contributed by atoms with Gasteiger partial charge in [0.1, 0.15) is 23.3 Å². The molecule has 0 spiro atoms. The molecular formula is C25H22F3N7O3. The average Bonchev–Trinajstić information content (AvgIpc) is 3.55. The second kappa shape index (κ2) is 8.45. The molecule has 1 aromatic carbocycles. The number of carbonyl (C=O) groups is 1. The van der Waals surface area contributed by atoms with Gasteiger partial charge >= 0.3 is 6.09 Å². The third-order valence-corrected chi connectivity index (χ3v) is 7.45. The summed E-state index contributed by atoms with van der Waals surface area (Å²) in [6.07, 6.45) is 1.77. The zero-order valence-electron chi connectivity index (χ0n) is 19.8. The fraction of sp³-hybridized carbons (Fsp3) is 0.360. The SMILES string of the molecule is O=C(NC12CC(C1)C2)O[C@@H]1CO[C@H](c2cc(Nc3nccn4nc(-c5cc(F)cc(F)c5)cc34)n[nH]2)[C@@H]1F. The van der Waals surface area contributed by atoms with Gasteiger partial charge in [0.05, 0.1) is 18.0 Å². The first-order chi connectivity index (χ1) is 18.3. The molecule has 8 rings (SSSR count). The molecule has 2 bridgehead atoms. The van der Waals surface area contributed by atoms with Crippen LogP contribution >= 0.6 is 0 Å². The smallest absolute Gasteiger partial charge is 0.408 e. The Bertz CT molecular complexity index is 1520. The molecule has 13 heteroatoms. The maximum absolute atomic E-state index is 15.1. The first kappa shape index (κ1) is 23.0. The van der Waals surface area contributed by atoms with Crippen molar-refractivity contribution in [3.05, 3.63) is 60.1 Å². The van der Waals surface area contributed by atoms with Gasteiger partial charge in [-0.1, -0.05) is 0 Å². The van der Waals surface area contributed by atoms with Crippen molar-refractivity contribution in [1.29, 1.82) is 0 Å². The monoisotopic (exact) mass is 525 g/mol. The van der Waals surface area contributed by atoms with Crippen molar-refractivity contribution in [3.8, 4) is 11.3 Å². The first-order valence-corrected chi connectivity index (χ1v) is 12.2. The fourth-order valence-corrected chi connectivity index (χ4v) is 5.48. The number of hydrogen-bond donors (Lipinski definition) is 3. The van der Waals surface area contributed by atoms with Crippen LogP contribution in [0.2, 0.25) is 0 Å². The lowest BCUT2D eigenvalue weighted by Gasteiger charge is -2.61. The van der Waals surface area contributed by atoms with Crippen LogP contribution in [0.25, 0.3) is 16.8 Å². The molecule has 1 amide bonds. The van der Waals surface area contributed by atoms with Gasteiger partial charge in [-0.15, -0.1) is 0 Å². The summed E-state index contributed by atoms with van der Waals surface area (Å²) < 4.78 is 54.9. The number of H-pyrrole nitrogens is 1. The second-order valence-corrected chi connectivity index (χ2v) is 10.2. The standard InChI is InChI=1S/C25H22F3N7O3/c26-14-3-13(4-15(27)5-14)16-6-18-23(29-1-2-35(18)34-16)30-20-7-17(32-33-20)22-21(28)19(11-37-22)38-24(36)31-25-8-12(9-25)10-25/h1-7,12,19,21-22H,8-11H2,(H,31,36)(H2,29,30,32,33)/t12?,19-,21-,22-,25?/m1/s1. The largest absolute Gasteiger partial charge is 0.441 e. The number of carbonyl (C=O) groups excluding carboxylic acids is 1. The van der Waals surface area contributed by atoms with Gasteiger partial charge in [-0.2, -0.15) is 10.2 Å². The molecule has 3 aliphatic carbocycles. The van der Waals surface area contributed by atoms with Crippen LogP contribution in [-0.4, -0.2) is 55.3 Å². The lowest BCUT2D eigenvalue weighted by Crippen LogP contribution is -2.68. The van der Waals surface area contributed by atoms with Crippen molar-refractivity contribution in [3.63, 3.8) is 0 Å². The topological polar surface area (TPSA) is 118 Å². The molecule has 1 saturated heterocycles. The Labute approximate surface area is 213 Å². The van der Waals surface area contributed by atoms with E-state index in [2.05, 4.69) is 30.9 Å². The molecule has 3 aromatic heterocycles. The number of hydrogen-bond acceptors (Lipinski definition) is 7. The highest BCUT2D eigenvalue weighted by molar-refractivity contribution is 5.77. The molecule has 1 aliphatic heterocycles. The zero-order chi connectivity index (χ0) is 26.0. The number of benzene rings is 1. The lowest BCUT2D eigenvalue weighted by molar-refractivity contribution is -0.0528. The van der Waals surface area contributed by atoms with Crippen LogP contribution < -0.4 is 10.6 Å². The van der Waals surface area contributed by atoms with Crippen molar-refractivity contribution in [2.75, 3.05) is 11.9 Å². The van der Waals surface area contributed by atoms with E-state index in [-0.39, 0.29) is 17.7 Å². The minimum absolute atomic E-state index is 0.0726. The number of amides is 1. The van der Waals surface area contributed by atoms with Gasteiger partial charge in [0.15, 0.2) is 23.9 Å². The van der Waals surface area contributed by atoms with Crippen LogP contribution in [0, 0.1) is 17.6 Å². The Hall–Kier alpha value is -4.13. The minimum Gasteiger partial charge on any atom is -0.441 e. The number of alkyl carbamates (subject to hydrolysis) is 1. The predicted molar refractivity (Wildman–Crippen MR) is 127 cm³/mol. The normalized spacial score (nSPS) is 27.6. The number of nitrogens with one attached hydrogen (secondary N) is 3. The van der Waals surface area contributed by atoms with Gasteiger partial charge in [0, 0.05) is 35.6 Å². The van der Waals surface area contributed by atoms with Gasteiger partial charge in [0.25, 0.3) is 0 Å². The van der Waals surface area contributed by atoms with E-state index < -0.39 is 36.1 Å². The Morgan fingerprint density at radius 1 is 1.16 bits per heavy atom. The van der Waals surface area contributed by atoms with Crippen LogP contribution in [0.15, 0.2) is 42.7 Å². The Kier molecular flexibility index (Phi) is 5.12. The van der Waals surface area contributed by atoms with Crippen molar-refractivity contribution in [1.82, 2.24) is 30.1 Å². The number of alkyl halides is 1. The van der Waals surface area contributed by atoms with E-state index in [0.29, 0.717) is 34.5 Å². The van der Waals surface area contributed by atoms with Crippen molar-refractivity contribution < 1.29 is 27.4 Å². The van der Waals surface area contributed by atoms with Gasteiger partial charge in [0.2, 0.25) is 0 Å². The Morgan fingerprint density at radius 2 is 1.95 bits per heavy atom. The second-order valence-electron chi connectivity index (χ2n) is 10.2. The summed E-state index contributed by atoms with van der Waals surface area (Å²) in [5.74, 6) is -0.0113. The highest BCUT2D eigenvalue weighted by Crippen LogP contribution is 2.57. The molecule has 4 aromatic rings. The van der Waals surface area contributed by atoms with E-state index in [9.17, 15) is 13.6 Å². The first-order valence-electron chi connectivity index (χ1n) is 12.2. The molecule has 4 heterocycles. The summed E-state index contributed by atoms with van der Waals surface area (Å²) in [6, 6.07) is 6.38. The number of rotatable bonds is 6. The zero-order valence-corrected chi connectivity index (χ0v) is 19.8. The summed E-state index contributed by atoms with van der Waals surface area (Å²) in [4.78, 5) is 16.5. The van der Waals surface area contributed by atoms with Crippen molar-refractivity contribution >= 4 is 23.2 Å². The third-order valence-electron chi connectivity index (χ3n) is 7.45. The summed E-state index contributed by atoms with van der Waals surface area (Å²) in [6.45, 7) is -0.0726. The van der Waals surface area contributed by atoms with E-state index in [1.54, 1.807) is 18.3 Å². The number of anilines is 2. The average molecular weight is 525 g/mol. The molecular weight excluding hydrogens is 503 g/mol. The summed E-state index contributed by atoms with van der Waals surface area (Å²) >= 11 is 0. The molecule has 3 N–H and O–H groups in total. The lowest BCUT2D eigenvalue weighted by atomic mass is 9.50. The van der Waals surface area contributed by atoms with Gasteiger partial charge < -0.3 is 20.1 Å². The van der Waals surface area contributed by atoms with E-state index in [0.717, 1.165) is 25.3 Å². The molecule has 0 radical (unpaired) electrons. The van der Waals surface area contributed by atoms with Gasteiger partial charge in [-0.05, 0) is 43.4 Å². The van der Waals surface area contributed by atoms with E-state index in [1.807, 2.05) is 0 Å². The third kappa shape index (κ3) is 3.93. The number of ether oxygens (including phenoxy) is 2. The number of aromatic amines is 1.